The van der Waals surface area contributed by atoms with Crippen LogP contribution >= 0.6 is 11.8 Å². The van der Waals surface area contributed by atoms with Gasteiger partial charge in [0.1, 0.15) is 5.25 Å². The van der Waals surface area contributed by atoms with E-state index in [-0.39, 0.29) is 11.2 Å². The molecule has 28 heavy (non-hydrogen) atoms. The van der Waals surface area contributed by atoms with E-state index in [1.807, 2.05) is 4.90 Å². The van der Waals surface area contributed by atoms with E-state index in [1.165, 1.54) is 32.6 Å². The predicted octanol–water partition coefficient (Wildman–Crippen LogP) is 5.98. The molecule has 0 bridgehead atoms. The lowest BCUT2D eigenvalue weighted by Gasteiger charge is -2.30. The lowest BCUT2D eigenvalue weighted by atomic mass is 10.0. The van der Waals surface area contributed by atoms with Crippen molar-refractivity contribution in [2.24, 2.45) is 5.92 Å². The highest BCUT2D eigenvalue weighted by Crippen LogP contribution is 2.53. The fourth-order valence-electron chi connectivity index (χ4n) is 4.27. The number of para-hydroxylation sites is 1. The summed E-state index contributed by atoms with van der Waals surface area (Å²) in [4.78, 5) is 16.7. The highest BCUT2D eigenvalue weighted by atomic mass is 32.2. The molecule has 1 aliphatic rings. The number of rotatable bonds is 5. The van der Waals surface area contributed by atoms with Crippen LogP contribution in [0.2, 0.25) is 0 Å². The van der Waals surface area contributed by atoms with Crippen LogP contribution in [0, 0.1) is 5.92 Å². The van der Waals surface area contributed by atoms with Crippen LogP contribution in [0.25, 0.3) is 22.2 Å². The molecular formula is C24H28N2OS. The Hall–Kier alpha value is -2.20. The number of carbonyl (C=O) groups excluding carboxylic acids is 1. The van der Waals surface area contributed by atoms with Crippen LogP contribution < -0.4 is 0 Å². The highest BCUT2D eigenvalue weighted by molar-refractivity contribution is 8.00. The Morgan fingerprint density at radius 1 is 1.07 bits per heavy atom. The smallest absolute Gasteiger partial charge is 0.240 e. The molecule has 1 aliphatic heterocycles. The molecule has 0 aliphatic carbocycles. The van der Waals surface area contributed by atoms with Gasteiger partial charge in [0, 0.05) is 46.6 Å². The summed E-state index contributed by atoms with van der Waals surface area (Å²) in [7, 11) is 0. The molecule has 2 heterocycles. The summed E-state index contributed by atoms with van der Waals surface area (Å²) in [5.74, 6) is 0.747. The molecule has 0 radical (unpaired) electrons. The number of nitrogens with zero attached hydrogens (tertiary/aromatic N) is 2. The van der Waals surface area contributed by atoms with Gasteiger partial charge in [0.05, 0.1) is 5.69 Å². The van der Waals surface area contributed by atoms with E-state index < -0.39 is 0 Å². The van der Waals surface area contributed by atoms with Gasteiger partial charge in [0.15, 0.2) is 0 Å². The Labute approximate surface area is 171 Å². The maximum atomic E-state index is 13.5. The summed E-state index contributed by atoms with van der Waals surface area (Å²) >= 11 is 1.71. The average Bonchev–Trinajstić information content (AvgIpc) is 3.02. The van der Waals surface area contributed by atoms with Crippen molar-refractivity contribution in [3.05, 3.63) is 54.1 Å². The van der Waals surface area contributed by atoms with Gasteiger partial charge >= 0.3 is 0 Å². The van der Waals surface area contributed by atoms with E-state index in [2.05, 4.69) is 80.8 Å². The van der Waals surface area contributed by atoms with Gasteiger partial charge in [-0.25, -0.2) is 0 Å². The van der Waals surface area contributed by atoms with Crippen LogP contribution in [0.1, 0.15) is 38.5 Å². The van der Waals surface area contributed by atoms with Crippen molar-refractivity contribution in [1.82, 2.24) is 9.47 Å². The number of aromatic nitrogens is 1. The van der Waals surface area contributed by atoms with Gasteiger partial charge in [0.25, 0.3) is 0 Å². The van der Waals surface area contributed by atoms with Crippen molar-refractivity contribution in [3.8, 4) is 11.3 Å². The van der Waals surface area contributed by atoms with Crippen molar-refractivity contribution >= 4 is 28.6 Å². The van der Waals surface area contributed by atoms with Crippen molar-refractivity contribution in [3.63, 3.8) is 0 Å². The first-order chi connectivity index (χ1) is 13.6. The van der Waals surface area contributed by atoms with E-state index in [1.54, 1.807) is 11.8 Å². The number of fused-ring (bicyclic) bond motifs is 5. The Bertz CT molecular complexity index is 1020. The van der Waals surface area contributed by atoms with Crippen LogP contribution in [0.4, 0.5) is 0 Å². The SMILES string of the molecule is CCN(CC)C(=O)C1Sc2ccccc2-c2c1c1ccccc1n2CC(C)C. The first kappa shape index (κ1) is 19.1. The third-order valence-electron chi connectivity index (χ3n) is 5.51. The van der Waals surface area contributed by atoms with Crippen LogP contribution in [0.5, 0.6) is 0 Å². The molecule has 1 atom stereocenters. The predicted molar refractivity (Wildman–Crippen MR) is 119 cm³/mol. The molecule has 4 heteroatoms. The zero-order valence-electron chi connectivity index (χ0n) is 17.1. The molecule has 146 valence electrons. The maximum absolute atomic E-state index is 13.5. The van der Waals surface area contributed by atoms with Crippen LogP contribution in [0.15, 0.2) is 53.4 Å². The van der Waals surface area contributed by atoms with Gasteiger partial charge in [0.2, 0.25) is 5.91 Å². The minimum atomic E-state index is -0.192. The van der Waals surface area contributed by atoms with Gasteiger partial charge in [-0.3, -0.25) is 4.79 Å². The Morgan fingerprint density at radius 3 is 2.46 bits per heavy atom. The fraction of sp³-hybridized carbons (Fsp3) is 0.375. The number of hydrogen-bond acceptors (Lipinski definition) is 2. The molecule has 0 N–H and O–H groups in total. The molecule has 0 saturated heterocycles. The largest absolute Gasteiger partial charge is 0.342 e. The van der Waals surface area contributed by atoms with Gasteiger partial charge in [-0.15, -0.1) is 11.8 Å². The van der Waals surface area contributed by atoms with E-state index in [4.69, 9.17) is 0 Å². The third kappa shape index (κ3) is 3.04. The number of carbonyl (C=O) groups is 1. The maximum Gasteiger partial charge on any atom is 0.240 e. The lowest BCUT2D eigenvalue weighted by Crippen LogP contribution is -2.34. The standard InChI is InChI=1S/C24H28N2OS/c1-5-25(6-2)24(27)23-21-17-11-7-9-13-19(17)26(15-16(3)4)22(21)18-12-8-10-14-20(18)28-23/h7-14,16,23H,5-6,15H2,1-4H3. The number of thioether (sulfide) groups is 1. The lowest BCUT2D eigenvalue weighted by molar-refractivity contribution is -0.130. The van der Waals surface area contributed by atoms with Gasteiger partial charge in [-0.05, 0) is 31.9 Å². The zero-order valence-corrected chi connectivity index (χ0v) is 17.9. The van der Waals surface area contributed by atoms with Crippen molar-refractivity contribution < 1.29 is 4.79 Å². The Kier molecular flexibility index (Phi) is 5.24. The van der Waals surface area contributed by atoms with Crippen molar-refractivity contribution in [1.29, 1.82) is 0 Å². The minimum absolute atomic E-state index is 0.192. The number of hydrogen-bond donors (Lipinski definition) is 0. The first-order valence-corrected chi connectivity index (χ1v) is 11.1. The van der Waals surface area contributed by atoms with Gasteiger partial charge in [-0.1, -0.05) is 50.2 Å². The second-order valence-corrected chi connectivity index (χ2v) is 8.94. The number of amides is 1. The van der Waals surface area contributed by atoms with E-state index in [0.717, 1.165) is 19.6 Å². The third-order valence-corrected chi connectivity index (χ3v) is 6.79. The van der Waals surface area contributed by atoms with Gasteiger partial charge in [-0.2, -0.15) is 0 Å². The average molecular weight is 393 g/mol. The summed E-state index contributed by atoms with van der Waals surface area (Å²) in [5, 5.41) is 1.02. The molecule has 4 rings (SSSR count). The minimum Gasteiger partial charge on any atom is -0.342 e. The Balaban J connectivity index is 2.02. The van der Waals surface area contributed by atoms with E-state index in [9.17, 15) is 4.79 Å². The quantitative estimate of drug-likeness (QED) is 0.534. The molecule has 0 fully saturated rings. The highest BCUT2D eigenvalue weighted by Gasteiger charge is 2.37. The van der Waals surface area contributed by atoms with Crippen LogP contribution in [-0.4, -0.2) is 28.5 Å². The Morgan fingerprint density at radius 2 is 1.75 bits per heavy atom. The summed E-state index contributed by atoms with van der Waals surface area (Å²) in [5.41, 5.74) is 4.91. The van der Waals surface area contributed by atoms with Crippen LogP contribution in [-0.2, 0) is 11.3 Å². The van der Waals surface area contributed by atoms with Crippen LogP contribution in [0.3, 0.4) is 0 Å². The number of benzene rings is 2. The molecule has 3 aromatic rings. The molecular weight excluding hydrogens is 364 g/mol. The summed E-state index contributed by atoms with van der Waals surface area (Å²) < 4.78 is 2.44. The summed E-state index contributed by atoms with van der Waals surface area (Å²) in [6.45, 7) is 11.1. The fourth-order valence-corrected chi connectivity index (χ4v) is 5.58. The molecule has 1 amide bonds. The molecule has 2 aromatic carbocycles. The van der Waals surface area contributed by atoms with Crippen molar-refractivity contribution in [2.75, 3.05) is 13.1 Å². The van der Waals surface area contributed by atoms with Crippen molar-refractivity contribution in [2.45, 2.75) is 44.4 Å². The second-order valence-electron chi connectivity index (χ2n) is 7.79. The molecule has 0 spiro atoms. The first-order valence-electron chi connectivity index (χ1n) is 10.2. The molecule has 0 saturated carbocycles. The monoisotopic (exact) mass is 392 g/mol. The summed E-state index contributed by atoms with van der Waals surface area (Å²) in [6.07, 6.45) is 0. The zero-order chi connectivity index (χ0) is 19.8. The van der Waals surface area contributed by atoms with E-state index >= 15 is 0 Å². The molecule has 1 unspecified atom stereocenters. The van der Waals surface area contributed by atoms with Gasteiger partial charge < -0.3 is 9.47 Å². The normalized spacial score (nSPS) is 15.5. The topological polar surface area (TPSA) is 25.2 Å². The molecule has 3 nitrogen and oxygen atoms in total. The molecule has 1 aromatic heterocycles. The number of likely N-dealkylation sites (N-methyl/N-ethyl adjacent to an activating group) is 1. The summed E-state index contributed by atoms with van der Waals surface area (Å²) in [6, 6.07) is 17.1. The second kappa shape index (κ2) is 7.67. The van der Waals surface area contributed by atoms with E-state index in [0.29, 0.717) is 5.92 Å².